The Kier molecular flexibility index (Phi) is 4.62. The molecule has 110 valence electrons. The van der Waals surface area contributed by atoms with Crippen LogP contribution in [0.15, 0.2) is 48.5 Å². The van der Waals surface area contributed by atoms with Gasteiger partial charge in [-0.3, -0.25) is 0 Å². The lowest BCUT2D eigenvalue weighted by molar-refractivity contribution is 0.333. The van der Waals surface area contributed by atoms with Gasteiger partial charge in [0.25, 0.3) is 0 Å². The molecule has 1 nitrogen and oxygen atoms in total. The van der Waals surface area contributed by atoms with Gasteiger partial charge in [-0.1, -0.05) is 48.0 Å². The third-order valence-corrected chi connectivity index (χ3v) is 4.95. The molecule has 21 heavy (non-hydrogen) atoms. The minimum atomic E-state index is 0.527. The number of likely N-dealkylation sites (N-methyl/N-ethyl adjacent to an activating group) is 1. The van der Waals surface area contributed by atoms with Crippen molar-refractivity contribution >= 4 is 11.6 Å². The second-order valence-corrected chi connectivity index (χ2v) is 6.43. The van der Waals surface area contributed by atoms with E-state index in [-0.39, 0.29) is 0 Å². The Balaban J connectivity index is 1.71. The van der Waals surface area contributed by atoms with E-state index in [1.165, 1.54) is 36.0 Å². The SMILES string of the molecule is CNC(Cc1ccc(Cl)cc1)C1CCc2ccccc2C1. The van der Waals surface area contributed by atoms with Crippen molar-refractivity contribution in [3.8, 4) is 0 Å². The average Bonchev–Trinajstić information content (AvgIpc) is 2.54. The molecule has 0 saturated carbocycles. The van der Waals surface area contributed by atoms with Gasteiger partial charge in [-0.15, -0.1) is 0 Å². The zero-order valence-electron chi connectivity index (χ0n) is 12.5. The van der Waals surface area contributed by atoms with Crippen molar-refractivity contribution in [2.45, 2.75) is 31.7 Å². The van der Waals surface area contributed by atoms with Gasteiger partial charge in [-0.25, -0.2) is 0 Å². The molecule has 2 aromatic carbocycles. The first-order valence-corrected chi connectivity index (χ1v) is 8.12. The standard InChI is InChI=1S/C19H22ClN/c1-21-19(12-14-6-10-18(20)11-7-14)17-9-8-15-4-2-3-5-16(15)13-17/h2-7,10-11,17,19,21H,8-9,12-13H2,1H3. The van der Waals surface area contributed by atoms with Crippen LogP contribution >= 0.6 is 11.6 Å². The topological polar surface area (TPSA) is 12.0 Å². The summed E-state index contributed by atoms with van der Waals surface area (Å²) in [5.74, 6) is 0.709. The molecule has 0 aromatic heterocycles. The van der Waals surface area contributed by atoms with E-state index in [2.05, 4.69) is 48.8 Å². The van der Waals surface area contributed by atoms with Gasteiger partial charge in [-0.2, -0.15) is 0 Å². The summed E-state index contributed by atoms with van der Waals surface area (Å²) >= 11 is 5.97. The molecule has 1 aliphatic rings. The lowest BCUT2D eigenvalue weighted by Crippen LogP contribution is -2.38. The second-order valence-electron chi connectivity index (χ2n) is 6.00. The highest BCUT2D eigenvalue weighted by Crippen LogP contribution is 2.28. The number of rotatable bonds is 4. The summed E-state index contributed by atoms with van der Waals surface area (Å²) in [6.07, 6.45) is 4.74. The van der Waals surface area contributed by atoms with E-state index in [9.17, 15) is 0 Å². The maximum absolute atomic E-state index is 5.97. The van der Waals surface area contributed by atoms with E-state index in [0.717, 1.165) is 11.4 Å². The lowest BCUT2D eigenvalue weighted by atomic mass is 9.78. The molecule has 0 fully saturated rings. The molecular weight excluding hydrogens is 278 g/mol. The molecular formula is C19H22ClN. The summed E-state index contributed by atoms with van der Waals surface area (Å²) in [5, 5.41) is 4.34. The maximum Gasteiger partial charge on any atom is 0.0406 e. The van der Waals surface area contributed by atoms with Crippen LogP contribution in [0.5, 0.6) is 0 Å². The molecule has 0 radical (unpaired) electrons. The van der Waals surface area contributed by atoms with Gasteiger partial charge in [0.1, 0.15) is 0 Å². The van der Waals surface area contributed by atoms with Gasteiger partial charge >= 0.3 is 0 Å². The van der Waals surface area contributed by atoms with Gasteiger partial charge in [0.2, 0.25) is 0 Å². The molecule has 0 amide bonds. The Morgan fingerprint density at radius 3 is 2.52 bits per heavy atom. The van der Waals surface area contributed by atoms with Crippen molar-refractivity contribution in [1.82, 2.24) is 5.32 Å². The Morgan fingerprint density at radius 2 is 1.81 bits per heavy atom. The van der Waals surface area contributed by atoms with Gasteiger partial charge in [0.05, 0.1) is 0 Å². The van der Waals surface area contributed by atoms with Crippen molar-refractivity contribution in [1.29, 1.82) is 0 Å². The van der Waals surface area contributed by atoms with E-state index in [0.29, 0.717) is 12.0 Å². The first-order chi connectivity index (χ1) is 10.3. The van der Waals surface area contributed by atoms with Crippen LogP contribution in [0.25, 0.3) is 0 Å². The number of hydrogen-bond acceptors (Lipinski definition) is 1. The van der Waals surface area contributed by atoms with E-state index in [4.69, 9.17) is 11.6 Å². The van der Waals surface area contributed by atoms with E-state index < -0.39 is 0 Å². The van der Waals surface area contributed by atoms with Crippen LogP contribution in [0.1, 0.15) is 23.1 Å². The van der Waals surface area contributed by atoms with Crippen LogP contribution in [0, 0.1) is 5.92 Å². The van der Waals surface area contributed by atoms with Crippen molar-refractivity contribution in [2.24, 2.45) is 5.92 Å². The van der Waals surface area contributed by atoms with Gasteiger partial charge in [0, 0.05) is 11.1 Å². The van der Waals surface area contributed by atoms with Crippen molar-refractivity contribution in [3.05, 3.63) is 70.2 Å². The van der Waals surface area contributed by atoms with Crippen LogP contribution in [-0.4, -0.2) is 13.1 Å². The van der Waals surface area contributed by atoms with Gasteiger partial charge < -0.3 is 5.32 Å². The average molecular weight is 300 g/mol. The molecule has 0 spiro atoms. The highest BCUT2D eigenvalue weighted by Gasteiger charge is 2.25. The molecule has 0 saturated heterocycles. The normalized spacial score (nSPS) is 19.0. The van der Waals surface area contributed by atoms with Crippen LogP contribution in [0.2, 0.25) is 5.02 Å². The summed E-state index contributed by atoms with van der Waals surface area (Å²) in [6.45, 7) is 0. The first kappa shape index (κ1) is 14.6. The molecule has 2 unspecified atom stereocenters. The summed E-state index contributed by atoms with van der Waals surface area (Å²) < 4.78 is 0. The lowest BCUT2D eigenvalue weighted by Gasteiger charge is -2.31. The third-order valence-electron chi connectivity index (χ3n) is 4.69. The first-order valence-electron chi connectivity index (χ1n) is 7.75. The summed E-state index contributed by atoms with van der Waals surface area (Å²) in [7, 11) is 2.08. The smallest absolute Gasteiger partial charge is 0.0406 e. The largest absolute Gasteiger partial charge is 0.316 e. The molecule has 0 bridgehead atoms. The minimum Gasteiger partial charge on any atom is -0.316 e. The fourth-order valence-corrected chi connectivity index (χ4v) is 3.57. The Labute approximate surface area is 132 Å². The minimum absolute atomic E-state index is 0.527. The van der Waals surface area contributed by atoms with Crippen LogP contribution in [-0.2, 0) is 19.3 Å². The number of hydrogen-bond donors (Lipinski definition) is 1. The molecule has 0 aliphatic heterocycles. The molecule has 1 aliphatic carbocycles. The zero-order valence-corrected chi connectivity index (χ0v) is 13.2. The number of benzene rings is 2. The van der Waals surface area contributed by atoms with Crippen molar-refractivity contribution in [3.63, 3.8) is 0 Å². The molecule has 1 N–H and O–H groups in total. The van der Waals surface area contributed by atoms with Gasteiger partial charge in [0.15, 0.2) is 0 Å². The summed E-state index contributed by atoms with van der Waals surface area (Å²) in [5.41, 5.74) is 4.43. The number of halogens is 1. The van der Waals surface area contributed by atoms with Crippen LogP contribution in [0.3, 0.4) is 0 Å². The predicted molar refractivity (Wildman–Crippen MR) is 90.0 cm³/mol. The Morgan fingerprint density at radius 1 is 1.10 bits per heavy atom. The summed E-state index contributed by atoms with van der Waals surface area (Å²) in [6, 6.07) is 17.7. The molecule has 2 atom stereocenters. The van der Waals surface area contributed by atoms with Crippen LogP contribution in [0.4, 0.5) is 0 Å². The van der Waals surface area contributed by atoms with E-state index >= 15 is 0 Å². The Hall–Kier alpha value is -1.31. The second kappa shape index (κ2) is 6.64. The highest BCUT2D eigenvalue weighted by molar-refractivity contribution is 6.30. The van der Waals surface area contributed by atoms with Crippen molar-refractivity contribution in [2.75, 3.05) is 7.05 Å². The van der Waals surface area contributed by atoms with E-state index in [1.807, 2.05) is 12.1 Å². The quantitative estimate of drug-likeness (QED) is 0.889. The monoisotopic (exact) mass is 299 g/mol. The fraction of sp³-hybridized carbons (Fsp3) is 0.368. The van der Waals surface area contributed by atoms with Gasteiger partial charge in [-0.05, 0) is 67.5 Å². The predicted octanol–water partition coefficient (Wildman–Crippen LogP) is 4.28. The molecule has 2 aromatic rings. The van der Waals surface area contributed by atoms with E-state index in [1.54, 1.807) is 0 Å². The molecule has 2 heteroatoms. The number of aryl methyl sites for hydroxylation is 1. The summed E-state index contributed by atoms with van der Waals surface area (Å²) in [4.78, 5) is 0. The van der Waals surface area contributed by atoms with Crippen molar-refractivity contribution < 1.29 is 0 Å². The fourth-order valence-electron chi connectivity index (χ4n) is 3.45. The molecule has 3 rings (SSSR count). The maximum atomic E-state index is 5.97. The third kappa shape index (κ3) is 3.48. The van der Waals surface area contributed by atoms with Crippen LogP contribution < -0.4 is 5.32 Å². The zero-order chi connectivity index (χ0) is 14.7. The molecule has 0 heterocycles. The Bertz CT molecular complexity index is 591. The highest BCUT2D eigenvalue weighted by atomic mass is 35.5. The number of nitrogens with one attached hydrogen (secondary N) is 1. The number of fused-ring (bicyclic) bond motifs is 1.